The lowest BCUT2D eigenvalue weighted by atomic mass is 10.1. The predicted octanol–water partition coefficient (Wildman–Crippen LogP) is -0.142. The topological polar surface area (TPSA) is 75.3 Å². The largest absolute Gasteiger partial charge is 0.396 e. The molecule has 0 fully saturated rings. The van der Waals surface area contributed by atoms with E-state index < -0.39 is 6.04 Å². The predicted molar refractivity (Wildman–Crippen MR) is 52.1 cm³/mol. The smallest absolute Gasteiger partial charge is 0.236 e. The van der Waals surface area contributed by atoms with Crippen LogP contribution in [0.25, 0.3) is 0 Å². The Morgan fingerprint density at radius 1 is 1.54 bits per heavy atom. The van der Waals surface area contributed by atoms with Gasteiger partial charge in [-0.05, 0) is 25.7 Å². The molecular formula is C9H20N2O2. The highest BCUT2D eigenvalue weighted by Crippen LogP contribution is 2.02. The Hall–Kier alpha value is -0.610. The zero-order valence-electron chi connectivity index (χ0n) is 8.42. The third-order valence-corrected chi connectivity index (χ3v) is 1.90. The third kappa shape index (κ3) is 6.54. The van der Waals surface area contributed by atoms with E-state index in [4.69, 9.17) is 10.8 Å². The summed E-state index contributed by atoms with van der Waals surface area (Å²) in [6.45, 7) is 4.49. The van der Waals surface area contributed by atoms with E-state index in [-0.39, 0.29) is 12.5 Å². The first kappa shape index (κ1) is 12.4. The van der Waals surface area contributed by atoms with Gasteiger partial charge in [0.05, 0.1) is 6.04 Å². The van der Waals surface area contributed by atoms with Gasteiger partial charge in [0.2, 0.25) is 5.91 Å². The van der Waals surface area contributed by atoms with E-state index in [1.54, 1.807) is 6.92 Å². The number of nitrogens with one attached hydrogen (secondary N) is 1. The fraction of sp³-hybridized carbons (Fsp3) is 0.889. The maximum Gasteiger partial charge on any atom is 0.236 e. The van der Waals surface area contributed by atoms with Crippen molar-refractivity contribution in [1.29, 1.82) is 0 Å². The number of amides is 1. The molecule has 13 heavy (non-hydrogen) atoms. The van der Waals surface area contributed by atoms with Crippen LogP contribution in [0.2, 0.25) is 0 Å². The minimum atomic E-state index is -0.435. The molecule has 4 N–H and O–H groups in total. The van der Waals surface area contributed by atoms with Crippen LogP contribution in [0, 0.1) is 5.92 Å². The molecule has 4 nitrogen and oxygen atoms in total. The number of carbonyl (C=O) groups excluding carboxylic acids is 1. The van der Waals surface area contributed by atoms with Crippen molar-refractivity contribution in [1.82, 2.24) is 5.32 Å². The van der Waals surface area contributed by atoms with Gasteiger partial charge >= 0.3 is 0 Å². The Kier molecular flexibility index (Phi) is 6.54. The first-order chi connectivity index (χ1) is 6.07. The Bertz CT molecular complexity index is 149. The van der Waals surface area contributed by atoms with Crippen LogP contribution in [0.3, 0.4) is 0 Å². The quantitative estimate of drug-likeness (QED) is 0.508. The van der Waals surface area contributed by atoms with E-state index in [1.807, 2.05) is 6.92 Å². The van der Waals surface area contributed by atoms with E-state index in [2.05, 4.69) is 5.32 Å². The monoisotopic (exact) mass is 188 g/mol. The SMILES string of the molecule is CC(CO)CCCNC(=O)[C@H](C)N. The third-order valence-electron chi connectivity index (χ3n) is 1.90. The fourth-order valence-corrected chi connectivity index (χ4v) is 0.914. The van der Waals surface area contributed by atoms with Crippen molar-refractivity contribution in [3.63, 3.8) is 0 Å². The highest BCUT2D eigenvalue weighted by atomic mass is 16.3. The number of nitrogens with two attached hydrogens (primary N) is 1. The molecule has 0 saturated heterocycles. The van der Waals surface area contributed by atoms with Crippen LogP contribution in [0.5, 0.6) is 0 Å². The molecule has 0 aliphatic carbocycles. The number of carbonyl (C=O) groups is 1. The minimum absolute atomic E-state index is 0.114. The summed E-state index contributed by atoms with van der Waals surface area (Å²) in [5.74, 6) is 0.198. The Labute approximate surface area is 79.5 Å². The summed E-state index contributed by atoms with van der Waals surface area (Å²) in [7, 11) is 0. The second-order valence-corrected chi connectivity index (χ2v) is 3.51. The van der Waals surface area contributed by atoms with Gasteiger partial charge in [-0.25, -0.2) is 0 Å². The van der Waals surface area contributed by atoms with Crippen LogP contribution < -0.4 is 11.1 Å². The molecule has 0 aromatic carbocycles. The van der Waals surface area contributed by atoms with Gasteiger partial charge in [0.15, 0.2) is 0 Å². The van der Waals surface area contributed by atoms with Crippen LogP contribution in [0.4, 0.5) is 0 Å². The number of rotatable bonds is 6. The van der Waals surface area contributed by atoms with Gasteiger partial charge in [-0.2, -0.15) is 0 Å². The van der Waals surface area contributed by atoms with Gasteiger partial charge in [-0.3, -0.25) is 4.79 Å². The molecular weight excluding hydrogens is 168 g/mol. The summed E-state index contributed by atoms with van der Waals surface area (Å²) >= 11 is 0. The van der Waals surface area contributed by atoms with Crippen LogP contribution >= 0.6 is 0 Å². The summed E-state index contributed by atoms with van der Waals surface area (Å²) in [5.41, 5.74) is 5.35. The van der Waals surface area contributed by atoms with E-state index in [0.29, 0.717) is 12.5 Å². The lowest BCUT2D eigenvalue weighted by Gasteiger charge is -2.09. The molecule has 0 aliphatic rings. The molecule has 2 atom stereocenters. The lowest BCUT2D eigenvalue weighted by molar-refractivity contribution is -0.121. The number of hydrogen-bond donors (Lipinski definition) is 3. The van der Waals surface area contributed by atoms with Crippen molar-refractivity contribution in [2.24, 2.45) is 11.7 Å². The number of aliphatic hydroxyl groups is 1. The molecule has 0 aromatic heterocycles. The maximum atomic E-state index is 11.0. The Morgan fingerprint density at radius 3 is 2.62 bits per heavy atom. The zero-order valence-corrected chi connectivity index (χ0v) is 8.42. The molecule has 0 aliphatic heterocycles. The van der Waals surface area contributed by atoms with Crippen molar-refractivity contribution in [2.45, 2.75) is 32.7 Å². The van der Waals surface area contributed by atoms with Crippen molar-refractivity contribution in [3.8, 4) is 0 Å². The molecule has 0 spiro atoms. The molecule has 0 saturated carbocycles. The van der Waals surface area contributed by atoms with Crippen LogP contribution in [0.15, 0.2) is 0 Å². The Morgan fingerprint density at radius 2 is 2.15 bits per heavy atom. The number of hydrogen-bond acceptors (Lipinski definition) is 3. The average Bonchev–Trinajstić information content (AvgIpc) is 2.11. The standard InChI is InChI=1S/C9H20N2O2/c1-7(6-12)4-3-5-11-9(13)8(2)10/h7-8,12H,3-6,10H2,1-2H3,(H,11,13)/t7?,8-/m0/s1. The van der Waals surface area contributed by atoms with Crippen molar-refractivity contribution >= 4 is 5.91 Å². The molecule has 0 rings (SSSR count). The number of aliphatic hydroxyl groups excluding tert-OH is 1. The highest BCUT2D eigenvalue weighted by Gasteiger charge is 2.05. The first-order valence-electron chi connectivity index (χ1n) is 4.72. The summed E-state index contributed by atoms with van der Waals surface area (Å²) in [6.07, 6.45) is 1.82. The minimum Gasteiger partial charge on any atom is -0.396 e. The summed E-state index contributed by atoms with van der Waals surface area (Å²) in [5, 5.41) is 11.4. The molecule has 1 amide bonds. The molecule has 1 unspecified atom stereocenters. The normalized spacial score (nSPS) is 15.1. The molecule has 0 aromatic rings. The van der Waals surface area contributed by atoms with E-state index in [1.165, 1.54) is 0 Å². The highest BCUT2D eigenvalue weighted by molar-refractivity contribution is 5.80. The van der Waals surface area contributed by atoms with Gasteiger partial charge in [0, 0.05) is 13.2 Å². The summed E-state index contributed by atoms with van der Waals surface area (Å²) < 4.78 is 0. The van der Waals surface area contributed by atoms with Crippen LogP contribution in [-0.4, -0.2) is 30.2 Å². The van der Waals surface area contributed by atoms with Crippen molar-refractivity contribution in [2.75, 3.05) is 13.2 Å². The van der Waals surface area contributed by atoms with E-state index in [9.17, 15) is 4.79 Å². The molecule has 0 bridgehead atoms. The zero-order chi connectivity index (χ0) is 10.3. The molecule has 78 valence electrons. The molecule has 0 radical (unpaired) electrons. The average molecular weight is 188 g/mol. The maximum absolute atomic E-state index is 11.0. The van der Waals surface area contributed by atoms with Crippen LogP contribution in [-0.2, 0) is 4.79 Å². The molecule has 0 heterocycles. The summed E-state index contributed by atoms with van der Waals surface area (Å²) in [6, 6.07) is -0.435. The van der Waals surface area contributed by atoms with Gasteiger partial charge < -0.3 is 16.2 Å². The van der Waals surface area contributed by atoms with Gasteiger partial charge in [-0.1, -0.05) is 6.92 Å². The molecule has 4 heteroatoms. The fourth-order valence-electron chi connectivity index (χ4n) is 0.914. The van der Waals surface area contributed by atoms with E-state index in [0.717, 1.165) is 12.8 Å². The van der Waals surface area contributed by atoms with Gasteiger partial charge in [0.25, 0.3) is 0 Å². The van der Waals surface area contributed by atoms with Crippen molar-refractivity contribution < 1.29 is 9.90 Å². The second-order valence-electron chi connectivity index (χ2n) is 3.51. The van der Waals surface area contributed by atoms with E-state index >= 15 is 0 Å². The van der Waals surface area contributed by atoms with Crippen molar-refractivity contribution in [3.05, 3.63) is 0 Å². The second kappa shape index (κ2) is 6.86. The lowest BCUT2D eigenvalue weighted by Crippen LogP contribution is -2.38. The summed E-state index contributed by atoms with van der Waals surface area (Å²) in [4.78, 5) is 11.0. The van der Waals surface area contributed by atoms with Gasteiger partial charge in [-0.15, -0.1) is 0 Å². The Balaban J connectivity index is 3.31. The van der Waals surface area contributed by atoms with Gasteiger partial charge in [0.1, 0.15) is 0 Å². The van der Waals surface area contributed by atoms with Crippen LogP contribution in [0.1, 0.15) is 26.7 Å². The first-order valence-corrected chi connectivity index (χ1v) is 4.72.